The summed E-state index contributed by atoms with van der Waals surface area (Å²) < 4.78 is 77.0. The average Bonchev–Trinajstić information content (AvgIpc) is 2.66. The molecular weight excluding hydrogens is 412 g/mol. The predicted octanol–water partition coefficient (Wildman–Crippen LogP) is 2.13. The maximum Gasteiger partial charge on any atom is 0.403 e. The number of nitrogens with one attached hydrogen (secondary N) is 1. The van der Waals surface area contributed by atoms with Crippen molar-refractivity contribution in [2.45, 2.75) is 31.0 Å². The monoisotopic (exact) mass is 438 g/mol. The van der Waals surface area contributed by atoms with E-state index in [4.69, 9.17) is 0 Å². The van der Waals surface area contributed by atoms with Crippen LogP contribution in [-0.2, 0) is 9.84 Å². The maximum absolute atomic E-state index is 13.7. The fraction of sp³-hybridized carbons (Fsp3) is 0.611. The molecule has 1 atom stereocenters. The fourth-order valence-corrected chi connectivity index (χ4v) is 4.24. The summed E-state index contributed by atoms with van der Waals surface area (Å²) in [4.78, 5) is 7.09. The molecule has 0 spiro atoms. The van der Waals surface area contributed by atoms with E-state index in [1.54, 1.807) is 4.90 Å². The quantitative estimate of drug-likeness (QED) is 0.419. The minimum Gasteiger partial charge on any atom is -0.357 e. The first-order chi connectivity index (χ1) is 13.6. The van der Waals surface area contributed by atoms with E-state index < -0.39 is 27.9 Å². The second-order valence-corrected chi connectivity index (χ2v) is 8.80. The molecule has 1 saturated heterocycles. The summed E-state index contributed by atoms with van der Waals surface area (Å²) in [7, 11) is -3.83. The molecule has 0 aromatic heterocycles. The SMILES string of the molecule is CCNC(=NCCS(=O)(=O)c1ccccc1F)N1CCN(C(C)C(F)(F)F)CC1. The van der Waals surface area contributed by atoms with Crippen molar-refractivity contribution in [2.75, 3.05) is 45.0 Å². The molecule has 0 bridgehead atoms. The van der Waals surface area contributed by atoms with Crippen molar-refractivity contribution in [2.24, 2.45) is 4.99 Å². The highest BCUT2D eigenvalue weighted by atomic mass is 32.2. The van der Waals surface area contributed by atoms with Gasteiger partial charge in [0.2, 0.25) is 0 Å². The summed E-state index contributed by atoms with van der Waals surface area (Å²) in [6, 6.07) is 3.64. The lowest BCUT2D eigenvalue weighted by Crippen LogP contribution is -2.56. The molecule has 1 N–H and O–H groups in total. The second-order valence-electron chi connectivity index (χ2n) is 6.73. The molecule has 1 aliphatic heterocycles. The van der Waals surface area contributed by atoms with E-state index in [0.717, 1.165) is 13.0 Å². The third-order valence-electron chi connectivity index (χ3n) is 4.76. The van der Waals surface area contributed by atoms with Crippen molar-refractivity contribution in [3.8, 4) is 0 Å². The highest BCUT2D eigenvalue weighted by Gasteiger charge is 2.41. The van der Waals surface area contributed by atoms with Crippen LogP contribution in [0.1, 0.15) is 13.8 Å². The highest BCUT2D eigenvalue weighted by Crippen LogP contribution is 2.25. The Bertz CT molecular complexity index is 806. The van der Waals surface area contributed by atoms with Gasteiger partial charge in [0.25, 0.3) is 0 Å². The van der Waals surface area contributed by atoms with Gasteiger partial charge in [-0.15, -0.1) is 0 Å². The molecule has 1 aliphatic rings. The Labute approximate surface area is 168 Å². The lowest BCUT2D eigenvalue weighted by Gasteiger charge is -2.39. The van der Waals surface area contributed by atoms with E-state index in [0.29, 0.717) is 25.6 Å². The van der Waals surface area contributed by atoms with Crippen molar-refractivity contribution in [3.05, 3.63) is 30.1 Å². The number of alkyl halides is 3. The predicted molar refractivity (Wildman–Crippen MR) is 103 cm³/mol. The minimum absolute atomic E-state index is 0.0851. The van der Waals surface area contributed by atoms with Crippen LogP contribution in [-0.4, -0.2) is 81.4 Å². The first-order valence-corrected chi connectivity index (χ1v) is 11.0. The van der Waals surface area contributed by atoms with Gasteiger partial charge in [-0.1, -0.05) is 12.1 Å². The zero-order valence-corrected chi connectivity index (χ0v) is 17.2. The van der Waals surface area contributed by atoms with Crippen molar-refractivity contribution < 1.29 is 26.0 Å². The van der Waals surface area contributed by atoms with Crippen LogP contribution in [0.25, 0.3) is 0 Å². The van der Waals surface area contributed by atoms with Crippen LogP contribution in [0.15, 0.2) is 34.2 Å². The number of hydrogen-bond donors (Lipinski definition) is 1. The van der Waals surface area contributed by atoms with Crippen LogP contribution in [0.4, 0.5) is 17.6 Å². The summed E-state index contributed by atoms with van der Waals surface area (Å²) >= 11 is 0. The zero-order chi connectivity index (χ0) is 21.7. The molecule has 0 saturated carbocycles. The number of piperazine rings is 1. The minimum atomic E-state index is -4.28. The normalized spacial score (nSPS) is 18.0. The molecule has 0 radical (unpaired) electrons. The molecule has 29 heavy (non-hydrogen) atoms. The van der Waals surface area contributed by atoms with Gasteiger partial charge in [-0.25, -0.2) is 12.8 Å². The topological polar surface area (TPSA) is 65.0 Å². The van der Waals surface area contributed by atoms with Gasteiger partial charge in [0.15, 0.2) is 15.8 Å². The number of nitrogens with zero attached hydrogens (tertiary/aromatic N) is 3. The molecule has 6 nitrogen and oxygen atoms in total. The average molecular weight is 438 g/mol. The Morgan fingerprint density at radius 3 is 2.38 bits per heavy atom. The van der Waals surface area contributed by atoms with Crippen LogP contribution in [0.3, 0.4) is 0 Å². The van der Waals surface area contributed by atoms with Gasteiger partial charge in [-0.2, -0.15) is 13.2 Å². The lowest BCUT2D eigenvalue weighted by molar-refractivity contribution is -0.181. The first kappa shape index (κ1) is 23.4. The third-order valence-corrected chi connectivity index (χ3v) is 6.48. The number of benzene rings is 1. The molecule has 0 aliphatic carbocycles. The van der Waals surface area contributed by atoms with E-state index in [1.807, 2.05) is 6.92 Å². The fourth-order valence-electron chi connectivity index (χ4n) is 3.03. The van der Waals surface area contributed by atoms with Gasteiger partial charge in [0.1, 0.15) is 16.8 Å². The van der Waals surface area contributed by atoms with Crippen LogP contribution < -0.4 is 5.32 Å². The van der Waals surface area contributed by atoms with E-state index in [2.05, 4.69) is 10.3 Å². The van der Waals surface area contributed by atoms with Gasteiger partial charge < -0.3 is 10.2 Å². The van der Waals surface area contributed by atoms with Crippen molar-refractivity contribution in [1.29, 1.82) is 0 Å². The molecular formula is C18H26F4N4O2S. The molecule has 1 unspecified atom stereocenters. The Hall–Kier alpha value is -1.88. The smallest absolute Gasteiger partial charge is 0.357 e. The molecule has 11 heteroatoms. The largest absolute Gasteiger partial charge is 0.403 e. The van der Waals surface area contributed by atoms with E-state index >= 15 is 0 Å². The molecule has 2 rings (SSSR count). The van der Waals surface area contributed by atoms with Crippen LogP contribution >= 0.6 is 0 Å². The van der Waals surface area contributed by atoms with Gasteiger partial charge in [-0.3, -0.25) is 9.89 Å². The van der Waals surface area contributed by atoms with Gasteiger partial charge in [0.05, 0.1) is 12.3 Å². The van der Waals surface area contributed by atoms with Gasteiger partial charge >= 0.3 is 6.18 Å². The van der Waals surface area contributed by atoms with Gasteiger partial charge in [-0.05, 0) is 26.0 Å². The maximum atomic E-state index is 13.7. The van der Waals surface area contributed by atoms with Crippen molar-refractivity contribution in [1.82, 2.24) is 15.1 Å². The Kier molecular flexibility index (Phi) is 7.87. The van der Waals surface area contributed by atoms with Gasteiger partial charge in [0, 0.05) is 32.7 Å². The molecule has 1 aromatic rings. The Morgan fingerprint density at radius 2 is 1.83 bits per heavy atom. The lowest BCUT2D eigenvalue weighted by atomic mass is 10.2. The van der Waals surface area contributed by atoms with Crippen LogP contribution in [0, 0.1) is 5.82 Å². The Balaban J connectivity index is 1.99. The number of rotatable bonds is 6. The summed E-state index contributed by atoms with van der Waals surface area (Å²) in [6.45, 7) is 4.54. The summed E-state index contributed by atoms with van der Waals surface area (Å²) in [5.74, 6) is -0.734. The Morgan fingerprint density at radius 1 is 1.21 bits per heavy atom. The molecule has 1 aromatic carbocycles. The number of sulfone groups is 1. The van der Waals surface area contributed by atoms with E-state index in [9.17, 15) is 26.0 Å². The standard InChI is InChI=1S/C18H26F4N4O2S/c1-3-23-17(26-11-9-25(10-12-26)14(2)18(20,21)22)24-8-13-29(27,28)16-7-5-4-6-15(16)19/h4-7,14H,3,8-13H2,1-2H3,(H,23,24). The zero-order valence-electron chi connectivity index (χ0n) is 16.4. The molecule has 0 amide bonds. The van der Waals surface area contributed by atoms with Crippen molar-refractivity contribution in [3.63, 3.8) is 0 Å². The second kappa shape index (κ2) is 9.75. The number of aliphatic imine (C=N–C) groups is 1. The molecule has 1 heterocycles. The number of guanidine groups is 1. The van der Waals surface area contributed by atoms with Crippen molar-refractivity contribution >= 4 is 15.8 Å². The van der Waals surface area contributed by atoms with E-state index in [1.165, 1.54) is 23.1 Å². The highest BCUT2D eigenvalue weighted by molar-refractivity contribution is 7.91. The summed E-state index contributed by atoms with van der Waals surface area (Å²) in [6.07, 6.45) is -4.28. The number of hydrogen-bond acceptors (Lipinski definition) is 4. The van der Waals surface area contributed by atoms with Crippen LogP contribution in [0.5, 0.6) is 0 Å². The number of halogens is 4. The van der Waals surface area contributed by atoms with E-state index in [-0.39, 0.29) is 30.3 Å². The molecule has 1 fully saturated rings. The molecule has 164 valence electrons. The third kappa shape index (κ3) is 6.30. The summed E-state index contributed by atoms with van der Waals surface area (Å²) in [5, 5.41) is 3.03. The van der Waals surface area contributed by atoms with Crippen LogP contribution in [0.2, 0.25) is 0 Å². The first-order valence-electron chi connectivity index (χ1n) is 9.37. The summed E-state index contributed by atoms with van der Waals surface area (Å²) in [5.41, 5.74) is 0.